The van der Waals surface area contributed by atoms with E-state index in [1.54, 1.807) is 0 Å². The lowest BCUT2D eigenvalue weighted by atomic mass is 10.1. The first-order valence-corrected chi connectivity index (χ1v) is 7.07. The normalized spacial score (nSPS) is 16.4. The van der Waals surface area contributed by atoms with Crippen LogP contribution in [0.3, 0.4) is 0 Å². The van der Waals surface area contributed by atoms with E-state index in [0.29, 0.717) is 31.2 Å². The lowest BCUT2D eigenvalue weighted by Gasteiger charge is -2.28. The van der Waals surface area contributed by atoms with Crippen LogP contribution in [0, 0.1) is 5.82 Å². The predicted molar refractivity (Wildman–Crippen MR) is 74.0 cm³/mol. The third-order valence-corrected chi connectivity index (χ3v) is 3.95. The number of benzene rings is 1. The van der Waals surface area contributed by atoms with Crippen LogP contribution in [-0.4, -0.2) is 29.2 Å². The molecule has 0 unspecified atom stereocenters. The Morgan fingerprint density at radius 3 is 2.63 bits per heavy atom. The quantitative estimate of drug-likeness (QED) is 0.828. The minimum Gasteiger partial charge on any atom is -0.395 e. The van der Waals surface area contributed by atoms with Crippen molar-refractivity contribution in [1.82, 2.24) is 4.90 Å². The molecule has 0 saturated heterocycles. The third kappa shape index (κ3) is 3.75. The molecule has 0 heterocycles. The molecule has 1 aliphatic rings. The Labute approximate surface area is 114 Å². The fraction of sp³-hybridized carbons (Fsp3) is 0.600. The van der Waals surface area contributed by atoms with E-state index in [1.807, 2.05) is 12.1 Å². The zero-order chi connectivity index (χ0) is 13.7. The number of aliphatic hydroxyl groups is 1. The molecule has 0 bridgehead atoms. The molecule has 0 aliphatic heterocycles. The first-order valence-electron chi connectivity index (χ1n) is 7.07. The fourth-order valence-corrected chi connectivity index (χ4v) is 2.85. The summed E-state index contributed by atoms with van der Waals surface area (Å²) in [5.41, 5.74) is 7.01. The van der Waals surface area contributed by atoms with Crippen molar-refractivity contribution in [1.29, 1.82) is 0 Å². The molecule has 3 nitrogen and oxygen atoms in total. The average Bonchev–Trinajstić information content (AvgIpc) is 2.94. The molecule has 0 amide bonds. The first-order chi connectivity index (χ1) is 9.24. The second-order valence-corrected chi connectivity index (χ2v) is 5.26. The van der Waals surface area contributed by atoms with Crippen molar-refractivity contribution in [3.05, 3.63) is 35.1 Å². The highest BCUT2D eigenvalue weighted by atomic mass is 19.1. The second kappa shape index (κ2) is 6.98. The Kier molecular flexibility index (Phi) is 5.31. The Balaban J connectivity index is 2.07. The van der Waals surface area contributed by atoms with Gasteiger partial charge in [-0.05, 0) is 24.5 Å². The van der Waals surface area contributed by atoms with E-state index in [-0.39, 0.29) is 12.4 Å². The van der Waals surface area contributed by atoms with E-state index in [4.69, 9.17) is 5.73 Å². The summed E-state index contributed by atoms with van der Waals surface area (Å²) < 4.78 is 14.0. The minimum absolute atomic E-state index is 0.124. The number of hydrogen-bond donors (Lipinski definition) is 2. The highest BCUT2D eigenvalue weighted by molar-refractivity contribution is 5.24. The van der Waals surface area contributed by atoms with E-state index in [0.717, 1.165) is 18.4 Å². The third-order valence-electron chi connectivity index (χ3n) is 3.95. The fourth-order valence-electron chi connectivity index (χ4n) is 2.85. The SMILES string of the molecule is NCc1ccc(CN(CCO)C2CCCC2)c(F)c1. The zero-order valence-electron chi connectivity index (χ0n) is 11.3. The van der Waals surface area contributed by atoms with Crippen LogP contribution in [0.25, 0.3) is 0 Å². The van der Waals surface area contributed by atoms with Crippen LogP contribution < -0.4 is 5.73 Å². The van der Waals surface area contributed by atoms with Crippen LogP contribution >= 0.6 is 0 Å². The smallest absolute Gasteiger partial charge is 0.128 e. The summed E-state index contributed by atoms with van der Waals surface area (Å²) in [5, 5.41) is 9.17. The summed E-state index contributed by atoms with van der Waals surface area (Å²) in [5.74, 6) is -0.191. The number of rotatable bonds is 6. The lowest BCUT2D eigenvalue weighted by Crippen LogP contribution is -2.35. The summed E-state index contributed by atoms with van der Waals surface area (Å²) in [6.07, 6.45) is 4.79. The van der Waals surface area contributed by atoms with Crippen LogP contribution in [-0.2, 0) is 13.1 Å². The van der Waals surface area contributed by atoms with Crippen molar-refractivity contribution in [3.63, 3.8) is 0 Å². The molecule has 1 fully saturated rings. The van der Waals surface area contributed by atoms with Crippen LogP contribution in [0.2, 0.25) is 0 Å². The summed E-state index contributed by atoms with van der Waals surface area (Å²) in [7, 11) is 0. The molecule has 0 radical (unpaired) electrons. The highest BCUT2D eigenvalue weighted by Gasteiger charge is 2.22. The van der Waals surface area contributed by atoms with Gasteiger partial charge in [0.1, 0.15) is 5.82 Å². The average molecular weight is 266 g/mol. The molecule has 1 saturated carbocycles. The van der Waals surface area contributed by atoms with Gasteiger partial charge < -0.3 is 10.8 Å². The topological polar surface area (TPSA) is 49.5 Å². The molecule has 106 valence electrons. The van der Waals surface area contributed by atoms with Gasteiger partial charge >= 0.3 is 0 Å². The molecule has 1 aromatic rings. The van der Waals surface area contributed by atoms with Crippen molar-refractivity contribution in [2.75, 3.05) is 13.2 Å². The Hall–Kier alpha value is -0.970. The molecule has 4 heteroatoms. The first kappa shape index (κ1) is 14.4. The largest absolute Gasteiger partial charge is 0.395 e. The minimum atomic E-state index is -0.191. The van der Waals surface area contributed by atoms with Crippen molar-refractivity contribution in [2.24, 2.45) is 5.73 Å². The van der Waals surface area contributed by atoms with Crippen LogP contribution in [0.4, 0.5) is 4.39 Å². The zero-order valence-corrected chi connectivity index (χ0v) is 11.3. The van der Waals surface area contributed by atoms with E-state index in [9.17, 15) is 9.50 Å². The summed E-state index contributed by atoms with van der Waals surface area (Å²) in [6, 6.07) is 5.70. The molecule has 2 rings (SSSR count). The number of hydrogen-bond acceptors (Lipinski definition) is 3. The molecule has 0 aromatic heterocycles. The molecular weight excluding hydrogens is 243 g/mol. The van der Waals surface area contributed by atoms with Gasteiger partial charge in [0.25, 0.3) is 0 Å². The molecule has 3 N–H and O–H groups in total. The number of halogens is 1. The van der Waals surface area contributed by atoms with E-state index in [1.165, 1.54) is 18.9 Å². The molecule has 0 atom stereocenters. The number of nitrogens with zero attached hydrogens (tertiary/aromatic N) is 1. The molecular formula is C15H23FN2O. The summed E-state index contributed by atoms with van der Waals surface area (Å²) >= 11 is 0. The Morgan fingerprint density at radius 2 is 2.05 bits per heavy atom. The maximum atomic E-state index is 14.0. The maximum Gasteiger partial charge on any atom is 0.128 e. The highest BCUT2D eigenvalue weighted by Crippen LogP contribution is 2.25. The van der Waals surface area contributed by atoms with E-state index in [2.05, 4.69) is 4.90 Å². The molecule has 19 heavy (non-hydrogen) atoms. The summed E-state index contributed by atoms with van der Waals surface area (Å²) in [6.45, 7) is 1.67. The second-order valence-electron chi connectivity index (χ2n) is 5.26. The number of aliphatic hydroxyl groups excluding tert-OH is 1. The van der Waals surface area contributed by atoms with Crippen molar-refractivity contribution >= 4 is 0 Å². The molecule has 1 aliphatic carbocycles. The monoisotopic (exact) mass is 266 g/mol. The van der Waals surface area contributed by atoms with Gasteiger partial charge in [0.05, 0.1) is 6.61 Å². The van der Waals surface area contributed by atoms with Crippen LogP contribution in [0.15, 0.2) is 18.2 Å². The predicted octanol–water partition coefficient (Wildman–Crippen LogP) is 2.02. The van der Waals surface area contributed by atoms with E-state index >= 15 is 0 Å². The Bertz CT molecular complexity index is 405. The van der Waals surface area contributed by atoms with E-state index < -0.39 is 0 Å². The maximum absolute atomic E-state index is 14.0. The van der Waals surface area contributed by atoms with Crippen molar-refractivity contribution in [3.8, 4) is 0 Å². The standard InChI is InChI=1S/C15H23FN2O/c16-15-9-12(10-17)5-6-13(15)11-18(7-8-19)14-3-1-2-4-14/h5-6,9,14,19H,1-4,7-8,10-11,17H2. The van der Waals surface area contributed by atoms with Gasteiger partial charge in [-0.2, -0.15) is 0 Å². The van der Waals surface area contributed by atoms with Crippen molar-refractivity contribution < 1.29 is 9.50 Å². The van der Waals surface area contributed by atoms with Gasteiger partial charge in [0, 0.05) is 31.2 Å². The van der Waals surface area contributed by atoms with Crippen molar-refractivity contribution in [2.45, 2.75) is 44.8 Å². The van der Waals surface area contributed by atoms with Crippen LogP contribution in [0.5, 0.6) is 0 Å². The Morgan fingerprint density at radius 1 is 1.32 bits per heavy atom. The molecule has 1 aromatic carbocycles. The summed E-state index contributed by atoms with van der Waals surface area (Å²) in [4.78, 5) is 2.20. The molecule has 0 spiro atoms. The number of nitrogens with two attached hydrogens (primary N) is 1. The lowest BCUT2D eigenvalue weighted by molar-refractivity contribution is 0.143. The van der Waals surface area contributed by atoms with Gasteiger partial charge in [-0.15, -0.1) is 0 Å². The van der Waals surface area contributed by atoms with Gasteiger partial charge in [-0.3, -0.25) is 4.90 Å². The van der Waals surface area contributed by atoms with Gasteiger partial charge in [-0.25, -0.2) is 4.39 Å². The van der Waals surface area contributed by atoms with Gasteiger partial charge in [-0.1, -0.05) is 25.0 Å². The van der Waals surface area contributed by atoms with Gasteiger partial charge in [0.2, 0.25) is 0 Å². The van der Waals surface area contributed by atoms with Gasteiger partial charge in [0.15, 0.2) is 0 Å². The van der Waals surface area contributed by atoms with Crippen LogP contribution in [0.1, 0.15) is 36.8 Å².